The van der Waals surface area contributed by atoms with Crippen molar-refractivity contribution in [2.24, 2.45) is 0 Å². The Labute approximate surface area is 115 Å². The summed E-state index contributed by atoms with van der Waals surface area (Å²) in [7, 11) is 1.66. The van der Waals surface area contributed by atoms with Gasteiger partial charge in [0, 0.05) is 16.2 Å². The van der Waals surface area contributed by atoms with Crippen LogP contribution in [0.15, 0.2) is 34.8 Å². The summed E-state index contributed by atoms with van der Waals surface area (Å²) in [6, 6.07) is 10.6. The van der Waals surface area contributed by atoms with Crippen molar-refractivity contribution in [2.45, 2.75) is 19.3 Å². The first-order valence-corrected chi connectivity index (χ1v) is 6.85. The number of rotatable bonds is 1. The van der Waals surface area contributed by atoms with Crippen molar-refractivity contribution in [1.29, 1.82) is 0 Å². The van der Waals surface area contributed by atoms with E-state index in [1.807, 2.05) is 6.07 Å². The second kappa shape index (κ2) is 4.73. The molecule has 2 aromatic rings. The SMILES string of the molecule is COc1ccc2c(n1)CCc1ccc(Br)cc1C2. The maximum absolute atomic E-state index is 5.20. The summed E-state index contributed by atoms with van der Waals surface area (Å²) in [5.74, 6) is 0.709. The smallest absolute Gasteiger partial charge is 0.213 e. The predicted octanol–water partition coefficient (Wildman–Crippen LogP) is 3.54. The van der Waals surface area contributed by atoms with Crippen molar-refractivity contribution < 1.29 is 4.74 Å². The molecule has 1 aliphatic rings. The average Bonchev–Trinajstić information content (AvgIpc) is 2.56. The molecule has 92 valence electrons. The van der Waals surface area contributed by atoms with E-state index < -0.39 is 0 Å². The number of nitrogens with zero attached hydrogens (tertiary/aromatic N) is 1. The Morgan fingerprint density at radius 3 is 2.72 bits per heavy atom. The van der Waals surface area contributed by atoms with Gasteiger partial charge in [-0.25, -0.2) is 4.98 Å². The van der Waals surface area contributed by atoms with Crippen molar-refractivity contribution in [3.63, 3.8) is 0 Å². The van der Waals surface area contributed by atoms with Crippen LogP contribution in [0, 0.1) is 0 Å². The maximum atomic E-state index is 5.20. The molecule has 0 atom stereocenters. The first-order chi connectivity index (χ1) is 8.76. The number of methoxy groups -OCH3 is 1. The highest BCUT2D eigenvalue weighted by atomic mass is 79.9. The number of benzene rings is 1. The number of fused-ring (bicyclic) bond motifs is 2. The number of hydrogen-bond acceptors (Lipinski definition) is 2. The third-order valence-electron chi connectivity index (χ3n) is 3.43. The van der Waals surface area contributed by atoms with E-state index in [4.69, 9.17) is 4.74 Å². The summed E-state index contributed by atoms with van der Waals surface area (Å²) in [5.41, 5.74) is 5.31. The van der Waals surface area contributed by atoms with Crippen LogP contribution in [0.1, 0.15) is 22.4 Å². The molecular formula is C15H14BrNO. The zero-order chi connectivity index (χ0) is 12.5. The van der Waals surface area contributed by atoms with E-state index in [-0.39, 0.29) is 0 Å². The molecule has 0 aliphatic heterocycles. The summed E-state index contributed by atoms with van der Waals surface area (Å²) in [6.07, 6.45) is 3.00. The lowest BCUT2D eigenvalue weighted by atomic mass is 10.0. The lowest BCUT2D eigenvalue weighted by molar-refractivity contribution is 0.396. The molecule has 1 aromatic heterocycles. The number of pyridine rings is 1. The number of aromatic nitrogens is 1. The number of hydrogen-bond donors (Lipinski definition) is 0. The van der Waals surface area contributed by atoms with Gasteiger partial charge in [0.2, 0.25) is 5.88 Å². The minimum Gasteiger partial charge on any atom is -0.481 e. The highest BCUT2D eigenvalue weighted by Gasteiger charge is 2.15. The zero-order valence-corrected chi connectivity index (χ0v) is 11.8. The van der Waals surface area contributed by atoms with Crippen LogP contribution in [0.2, 0.25) is 0 Å². The molecule has 1 aliphatic carbocycles. The standard InChI is InChI=1S/C15H14BrNO/c1-18-15-7-4-11-8-12-9-13(16)5-2-10(12)3-6-14(11)17-15/h2,4-5,7,9H,3,6,8H2,1H3. The lowest BCUT2D eigenvalue weighted by Crippen LogP contribution is -1.98. The molecule has 0 radical (unpaired) electrons. The summed E-state index contributed by atoms with van der Waals surface area (Å²) in [4.78, 5) is 4.56. The monoisotopic (exact) mass is 303 g/mol. The van der Waals surface area contributed by atoms with Gasteiger partial charge in [-0.05, 0) is 48.1 Å². The maximum Gasteiger partial charge on any atom is 0.213 e. The Hall–Kier alpha value is -1.35. The van der Waals surface area contributed by atoms with Gasteiger partial charge in [0.05, 0.1) is 7.11 Å². The Balaban J connectivity index is 2.03. The molecule has 0 bridgehead atoms. The van der Waals surface area contributed by atoms with Crippen molar-refractivity contribution in [3.05, 3.63) is 57.2 Å². The number of aryl methyl sites for hydroxylation is 2. The van der Waals surface area contributed by atoms with E-state index in [2.05, 4.69) is 45.2 Å². The minimum absolute atomic E-state index is 0.709. The number of ether oxygens (including phenoxy) is 1. The van der Waals surface area contributed by atoms with E-state index in [0.717, 1.165) is 23.7 Å². The summed E-state index contributed by atoms with van der Waals surface area (Å²) in [6.45, 7) is 0. The Morgan fingerprint density at radius 1 is 1.06 bits per heavy atom. The van der Waals surface area contributed by atoms with Crippen LogP contribution in [0.4, 0.5) is 0 Å². The summed E-state index contributed by atoms with van der Waals surface area (Å²) in [5, 5.41) is 0. The van der Waals surface area contributed by atoms with Crippen LogP contribution < -0.4 is 4.74 Å². The van der Waals surface area contributed by atoms with Crippen molar-refractivity contribution in [2.75, 3.05) is 7.11 Å². The molecular weight excluding hydrogens is 290 g/mol. The Bertz CT molecular complexity index is 595. The molecule has 0 saturated carbocycles. The molecule has 2 nitrogen and oxygen atoms in total. The van der Waals surface area contributed by atoms with Gasteiger partial charge in [-0.1, -0.05) is 28.1 Å². The molecule has 0 spiro atoms. The first kappa shape index (κ1) is 11.7. The molecule has 3 heteroatoms. The van der Waals surface area contributed by atoms with Gasteiger partial charge >= 0.3 is 0 Å². The quantitative estimate of drug-likeness (QED) is 0.804. The Kier molecular flexibility index (Phi) is 3.08. The minimum atomic E-state index is 0.709. The molecule has 0 fully saturated rings. The van der Waals surface area contributed by atoms with Gasteiger partial charge < -0.3 is 4.74 Å². The highest BCUT2D eigenvalue weighted by molar-refractivity contribution is 9.10. The number of halogens is 1. The fourth-order valence-electron chi connectivity index (χ4n) is 2.46. The first-order valence-electron chi connectivity index (χ1n) is 6.06. The van der Waals surface area contributed by atoms with E-state index in [1.165, 1.54) is 22.4 Å². The fraction of sp³-hybridized carbons (Fsp3) is 0.267. The van der Waals surface area contributed by atoms with Crippen LogP contribution in [0.5, 0.6) is 5.88 Å². The normalized spacial score (nSPS) is 13.4. The van der Waals surface area contributed by atoms with Crippen LogP contribution in [-0.4, -0.2) is 12.1 Å². The van der Waals surface area contributed by atoms with Crippen LogP contribution in [0.3, 0.4) is 0 Å². The topological polar surface area (TPSA) is 22.1 Å². The van der Waals surface area contributed by atoms with Gasteiger partial charge in [-0.3, -0.25) is 0 Å². The van der Waals surface area contributed by atoms with Crippen molar-refractivity contribution in [1.82, 2.24) is 4.98 Å². The van der Waals surface area contributed by atoms with Crippen molar-refractivity contribution in [3.8, 4) is 5.88 Å². The molecule has 0 saturated heterocycles. The molecule has 18 heavy (non-hydrogen) atoms. The van der Waals surface area contributed by atoms with Crippen LogP contribution in [0.25, 0.3) is 0 Å². The zero-order valence-electron chi connectivity index (χ0n) is 10.2. The van der Waals surface area contributed by atoms with E-state index in [1.54, 1.807) is 7.11 Å². The van der Waals surface area contributed by atoms with E-state index >= 15 is 0 Å². The second-order valence-electron chi connectivity index (χ2n) is 4.55. The molecule has 3 rings (SSSR count). The van der Waals surface area contributed by atoms with Gasteiger partial charge in [-0.15, -0.1) is 0 Å². The summed E-state index contributed by atoms with van der Waals surface area (Å²) < 4.78 is 6.34. The third-order valence-corrected chi connectivity index (χ3v) is 3.93. The average molecular weight is 304 g/mol. The van der Waals surface area contributed by atoms with Crippen molar-refractivity contribution >= 4 is 15.9 Å². The Morgan fingerprint density at radius 2 is 1.89 bits per heavy atom. The van der Waals surface area contributed by atoms with Crippen LogP contribution in [-0.2, 0) is 19.3 Å². The molecule has 0 amide bonds. The van der Waals surface area contributed by atoms with Gasteiger partial charge in [0.1, 0.15) is 0 Å². The highest BCUT2D eigenvalue weighted by Crippen LogP contribution is 2.27. The molecule has 1 aromatic carbocycles. The summed E-state index contributed by atoms with van der Waals surface area (Å²) >= 11 is 3.54. The lowest BCUT2D eigenvalue weighted by Gasteiger charge is -2.07. The van der Waals surface area contributed by atoms with Gasteiger partial charge in [0.25, 0.3) is 0 Å². The van der Waals surface area contributed by atoms with Gasteiger partial charge in [0.15, 0.2) is 0 Å². The van der Waals surface area contributed by atoms with Crippen LogP contribution >= 0.6 is 15.9 Å². The predicted molar refractivity (Wildman–Crippen MR) is 75.1 cm³/mol. The molecule has 0 N–H and O–H groups in total. The van der Waals surface area contributed by atoms with Gasteiger partial charge in [-0.2, -0.15) is 0 Å². The second-order valence-corrected chi connectivity index (χ2v) is 5.46. The van der Waals surface area contributed by atoms with E-state index in [9.17, 15) is 0 Å². The third kappa shape index (κ3) is 2.15. The fourth-order valence-corrected chi connectivity index (χ4v) is 2.87. The molecule has 0 unspecified atom stereocenters. The molecule has 1 heterocycles. The van der Waals surface area contributed by atoms with E-state index in [0.29, 0.717) is 5.88 Å². The largest absolute Gasteiger partial charge is 0.481 e.